The fraction of sp³-hybridized carbons (Fsp3) is 0.455. The van der Waals surface area contributed by atoms with Crippen LogP contribution < -0.4 is 4.90 Å². The van der Waals surface area contributed by atoms with E-state index in [2.05, 4.69) is 46.8 Å². The second-order valence-corrected chi connectivity index (χ2v) is 7.17. The van der Waals surface area contributed by atoms with Gasteiger partial charge in [0.15, 0.2) is 0 Å². The molecule has 1 fully saturated rings. The van der Waals surface area contributed by atoms with Crippen molar-refractivity contribution in [3.05, 3.63) is 58.8 Å². The van der Waals surface area contributed by atoms with Crippen LogP contribution in [0.4, 0.5) is 5.82 Å². The summed E-state index contributed by atoms with van der Waals surface area (Å²) < 4.78 is 5.02. The first-order valence-electron chi connectivity index (χ1n) is 9.73. The van der Waals surface area contributed by atoms with E-state index in [1.54, 1.807) is 19.2 Å². The van der Waals surface area contributed by atoms with Crippen LogP contribution in [-0.2, 0) is 11.3 Å². The van der Waals surface area contributed by atoms with Crippen LogP contribution in [0.1, 0.15) is 40.4 Å². The molecule has 1 aromatic heterocycles. The lowest BCUT2D eigenvalue weighted by Gasteiger charge is -2.23. The van der Waals surface area contributed by atoms with E-state index in [4.69, 9.17) is 4.74 Å². The molecule has 0 aliphatic carbocycles. The van der Waals surface area contributed by atoms with Crippen molar-refractivity contribution in [1.82, 2.24) is 9.88 Å². The summed E-state index contributed by atoms with van der Waals surface area (Å²) in [6, 6.07) is 10.4. The molecule has 1 aliphatic heterocycles. The van der Waals surface area contributed by atoms with Gasteiger partial charge >= 0.3 is 5.97 Å². The molecule has 0 radical (unpaired) electrons. The number of rotatable bonds is 5. The molecule has 5 nitrogen and oxygen atoms in total. The van der Waals surface area contributed by atoms with Gasteiger partial charge in [0.1, 0.15) is 5.82 Å². The van der Waals surface area contributed by atoms with Crippen LogP contribution in [0.15, 0.2) is 36.5 Å². The van der Waals surface area contributed by atoms with Crippen molar-refractivity contribution in [2.75, 3.05) is 37.7 Å². The van der Waals surface area contributed by atoms with E-state index in [0.717, 1.165) is 45.0 Å². The van der Waals surface area contributed by atoms with E-state index in [1.807, 2.05) is 6.07 Å². The number of carbonyl (C=O) groups is 1. The highest BCUT2D eigenvalue weighted by Gasteiger charge is 2.17. The number of anilines is 1. The average molecular weight is 367 g/mol. The van der Waals surface area contributed by atoms with Gasteiger partial charge in [0.05, 0.1) is 12.2 Å². The summed E-state index contributed by atoms with van der Waals surface area (Å²) in [5.41, 5.74) is 4.60. The van der Waals surface area contributed by atoms with Crippen molar-refractivity contribution >= 4 is 11.8 Å². The summed E-state index contributed by atoms with van der Waals surface area (Å²) in [5, 5.41) is 0. The Bertz CT molecular complexity index is 774. The van der Waals surface area contributed by atoms with Gasteiger partial charge in [-0.1, -0.05) is 23.8 Å². The fourth-order valence-corrected chi connectivity index (χ4v) is 3.48. The summed E-state index contributed by atoms with van der Waals surface area (Å²) in [4.78, 5) is 21.1. The van der Waals surface area contributed by atoms with E-state index in [-0.39, 0.29) is 5.97 Å². The van der Waals surface area contributed by atoms with Crippen molar-refractivity contribution in [3.8, 4) is 0 Å². The molecular formula is C22H29N3O2. The maximum absolute atomic E-state index is 11.8. The molecule has 27 heavy (non-hydrogen) atoms. The number of hydrogen-bond acceptors (Lipinski definition) is 5. The second-order valence-electron chi connectivity index (χ2n) is 7.17. The van der Waals surface area contributed by atoms with Gasteiger partial charge in [-0.05, 0) is 50.5 Å². The first-order valence-corrected chi connectivity index (χ1v) is 9.73. The van der Waals surface area contributed by atoms with Gasteiger partial charge < -0.3 is 9.64 Å². The molecule has 0 atom stereocenters. The zero-order valence-corrected chi connectivity index (χ0v) is 16.6. The molecule has 1 saturated heterocycles. The summed E-state index contributed by atoms with van der Waals surface area (Å²) in [6.45, 7) is 11.5. The third-order valence-corrected chi connectivity index (χ3v) is 5.07. The minimum absolute atomic E-state index is 0.313. The maximum Gasteiger partial charge on any atom is 0.339 e. The summed E-state index contributed by atoms with van der Waals surface area (Å²) in [6.07, 6.45) is 2.72. The first-order chi connectivity index (χ1) is 13.1. The number of aromatic nitrogens is 1. The molecule has 0 amide bonds. The molecule has 0 N–H and O–H groups in total. The molecule has 2 heterocycles. The number of ether oxygens (including phenoxy) is 1. The molecule has 0 bridgehead atoms. The lowest BCUT2D eigenvalue weighted by Crippen LogP contribution is -2.31. The monoisotopic (exact) mass is 367 g/mol. The summed E-state index contributed by atoms with van der Waals surface area (Å²) in [5.74, 6) is 0.615. The Kier molecular flexibility index (Phi) is 6.45. The standard InChI is InChI=1S/C22H29N3O2/c1-4-27-22(26)19-8-9-21(23-15-19)25-11-5-10-24(12-13-25)16-20-14-17(2)6-7-18(20)3/h6-9,14-15H,4-5,10-13,16H2,1-3H3. The van der Waals surface area contributed by atoms with Gasteiger partial charge in [-0.25, -0.2) is 9.78 Å². The Labute approximate surface area is 162 Å². The quantitative estimate of drug-likeness (QED) is 0.756. The highest BCUT2D eigenvalue weighted by molar-refractivity contribution is 5.89. The SMILES string of the molecule is CCOC(=O)c1ccc(N2CCCN(Cc3cc(C)ccc3C)CC2)nc1. The first kappa shape index (κ1) is 19.4. The molecule has 2 aromatic rings. The van der Waals surface area contributed by atoms with Crippen LogP contribution >= 0.6 is 0 Å². The van der Waals surface area contributed by atoms with Gasteiger partial charge in [-0.2, -0.15) is 0 Å². The number of pyridine rings is 1. The van der Waals surface area contributed by atoms with E-state index in [0.29, 0.717) is 12.2 Å². The van der Waals surface area contributed by atoms with Gasteiger partial charge in [-0.3, -0.25) is 4.90 Å². The van der Waals surface area contributed by atoms with Gasteiger partial charge in [0.2, 0.25) is 0 Å². The minimum atomic E-state index is -0.313. The Hall–Kier alpha value is -2.40. The zero-order chi connectivity index (χ0) is 19.2. The molecule has 0 unspecified atom stereocenters. The predicted octanol–water partition coefficient (Wildman–Crippen LogP) is 3.59. The number of nitrogens with zero attached hydrogens (tertiary/aromatic N) is 3. The largest absolute Gasteiger partial charge is 0.462 e. The number of benzene rings is 1. The third kappa shape index (κ3) is 5.07. The molecule has 1 aromatic carbocycles. The Morgan fingerprint density at radius 3 is 2.70 bits per heavy atom. The average Bonchev–Trinajstić information content (AvgIpc) is 2.91. The van der Waals surface area contributed by atoms with Crippen LogP contribution in [0.25, 0.3) is 0 Å². The molecule has 144 valence electrons. The minimum Gasteiger partial charge on any atom is -0.462 e. The van der Waals surface area contributed by atoms with Crippen molar-refractivity contribution in [2.24, 2.45) is 0 Å². The second kappa shape index (κ2) is 9.00. The van der Waals surface area contributed by atoms with E-state index >= 15 is 0 Å². The van der Waals surface area contributed by atoms with Crippen LogP contribution in [-0.4, -0.2) is 48.6 Å². The molecular weight excluding hydrogens is 338 g/mol. The maximum atomic E-state index is 11.8. The van der Waals surface area contributed by atoms with Gasteiger partial charge in [0.25, 0.3) is 0 Å². The van der Waals surface area contributed by atoms with Crippen LogP contribution in [0.2, 0.25) is 0 Å². The highest BCUT2D eigenvalue weighted by Crippen LogP contribution is 2.18. The van der Waals surface area contributed by atoms with E-state index in [9.17, 15) is 4.79 Å². The highest BCUT2D eigenvalue weighted by atomic mass is 16.5. The molecule has 5 heteroatoms. The lowest BCUT2D eigenvalue weighted by atomic mass is 10.1. The van der Waals surface area contributed by atoms with Crippen molar-refractivity contribution in [2.45, 2.75) is 33.7 Å². The van der Waals surface area contributed by atoms with Crippen molar-refractivity contribution in [3.63, 3.8) is 0 Å². The summed E-state index contributed by atoms with van der Waals surface area (Å²) >= 11 is 0. The number of carbonyl (C=O) groups excluding carboxylic acids is 1. The van der Waals surface area contributed by atoms with E-state index in [1.165, 1.54) is 16.7 Å². The number of aryl methyl sites for hydroxylation is 2. The van der Waals surface area contributed by atoms with Gasteiger partial charge in [0, 0.05) is 38.9 Å². The van der Waals surface area contributed by atoms with Crippen LogP contribution in [0, 0.1) is 13.8 Å². The van der Waals surface area contributed by atoms with Gasteiger partial charge in [-0.15, -0.1) is 0 Å². The molecule has 3 rings (SSSR count). The zero-order valence-electron chi connectivity index (χ0n) is 16.6. The Balaban J connectivity index is 1.61. The fourth-order valence-electron chi connectivity index (χ4n) is 3.48. The molecule has 0 spiro atoms. The van der Waals surface area contributed by atoms with Crippen LogP contribution in [0.5, 0.6) is 0 Å². The Morgan fingerprint density at radius 2 is 1.96 bits per heavy atom. The number of esters is 1. The van der Waals surface area contributed by atoms with Crippen molar-refractivity contribution in [1.29, 1.82) is 0 Å². The van der Waals surface area contributed by atoms with Crippen molar-refractivity contribution < 1.29 is 9.53 Å². The van der Waals surface area contributed by atoms with E-state index < -0.39 is 0 Å². The third-order valence-electron chi connectivity index (χ3n) is 5.07. The Morgan fingerprint density at radius 1 is 1.11 bits per heavy atom. The van der Waals surface area contributed by atoms with Crippen LogP contribution in [0.3, 0.4) is 0 Å². The topological polar surface area (TPSA) is 45.7 Å². The normalized spacial score (nSPS) is 15.4. The molecule has 0 saturated carbocycles. The molecule has 1 aliphatic rings. The number of hydrogen-bond donors (Lipinski definition) is 0. The summed E-state index contributed by atoms with van der Waals surface area (Å²) in [7, 11) is 0. The lowest BCUT2D eigenvalue weighted by molar-refractivity contribution is 0.0526. The predicted molar refractivity (Wildman–Crippen MR) is 108 cm³/mol. The smallest absolute Gasteiger partial charge is 0.339 e.